The molecular weight excluding hydrogens is 513 g/mol. The molecule has 194 valence electrons. The summed E-state index contributed by atoms with van der Waals surface area (Å²) in [7, 11) is -3.69. The predicted octanol–water partition coefficient (Wildman–Crippen LogP) is 6.22. The average Bonchev–Trinajstić information content (AvgIpc) is 3.58. The standard InChI is InChI=1S/C27H28FN3O4S2/c1-2-31(20-8-4-3-5-9-20)37(33,34)22-15-13-19(14-16-22)26(32)30(18-21-10-7-17-35-21)27-29-25-23(28)11-6-12-24(25)36-27/h6-7,10-17,20H,2-5,8-9,18H2,1H3. The van der Waals surface area contributed by atoms with Gasteiger partial charge in [0.25, 0.3) is 5.91 Å². The minimum atomic E-state index is -3.69. The molecular formula is C27H28FN3O4S2. The van der Waals surface area contributed by atoms with E-state index in [0.29, 0.717) is 27.7 Å². The first-order valence-corrected chi connectivity index (χ1v) is 14.7. The van der Waals surface area contributed by atoms with E-state index in [1.807, 2.05) is 6.92 Å². The molecule has 0 radical (unpaired) electrons. The number of nitrogens with zero attached hydrogens (tertiary/aromatic N) is 3. The Morgan fingerprint density at radius 1 is 1.08 bits per heavy atom. The van der Waals surface area contributed by atoms with Crippen LogP contribution in [0.15, 0.2) is 70.2 Å². The smallest absolute Gasteiger partial charge is 0.260 e. The second-order valence-corrected chi connectivity index (χ2v) is 12.0. The lowest BCUT2D eigenvalue weighted by Gasteiger charge is -2.32. The van der Waals surface area contributed by atoms with Crippen LogP contribution in [0.4, 0.5) is 9.52 Å². The molecule has 37 heavy (non-hydrogen) atoms. The fraction of sp³-hybridized carbons (Fsp3) is 0.333. The van der Waals surface area contributed by atoms with Crippen molar-refractivity contribution in [1.82, 2.24) is 9.29 Å². The predicted molar refractivity (Wildman–Crippen MR) is 142 cm³/mol. The van der Waals surface area contributed by atoms with Gasteiger partial charge in [-0.15, -0.1) is 0 Å². The Bertz CT molecular complexity index is 1480. The van der Waals surface area contributed by atoms with E-state index in [0.717, 1.165) is 32.1 Å². The van der Waals surface area contributed by atoms with Crippen LogP contribution in [0.25, 0.3) is 10.2 Å². The molecule has 1 saturated carbocycles. The van der Waals surface area contributed by atoms with Crippen molar-refractivity contribution in [2.45, 2.75) is 56.5 Å². The van der Waals surface area contributed by atoms with E-state index in [9.17, 15) is 17.6 Å². The van der Waals surface area contributed by atoms with Crippen molar-refractivity contribution in [3.63, 3.8) is 0 Å². The van der Waals surface area contributed by atoms with Crippen molar-refractivity contribution in [2.75, 3.05) is 11.4 Å². The summed E-state index contributed by atoms with van der Waals surface area (Å²) in [6.45, 7) is 2.36. The molecule has 0 unspecified atom stereocenters. The maximum absolute atomic E-state index is 14.3. The molecule has 0 N–H and O–H groups in total. The maximum atomic E-state index is 14.3. The van der Waals surface area contributed by atoms with Gasteiger partial charge < -0.3 is 4.42 Å². The van der Waals surface area contributed by atoms with Gasteiger partial charge in [-0.05, 0) is 61.4 Å². The van der Waals surface area contributed by atoms with Crippen molar-refractivity contribution in [3.8, 4) is 0 Å². The number of amides is 1. The summed E-state index contributed by atoms with van der Waals surface area (Å²) in [6, 6.07) is 14.2. The van der Waals surface area contributed by atoms with Gasteiger partial charge in [0.05, 0.1) is 22.4 Å². The van der Waals surface area contributed by atoms with Gasteiger partial charge in [0, 0.05) is 18.2 Å². The van der Waals surface area contributed by atoms with Crippen LogP contribution in [0.1, 0.15) is 55.1 Å². The van der Waals surface area contributed by atoms with Crippen molar-refractivity contribution in [1.29, 1.82) is 0 Å². The number of carbonyl (C=O) groups is 1. The molecule has 0 aliphatic heterocycles. The molecule has 0 spiro atoms. The first-order chi connectivity index (χ1) is 17.9. The van der Waals surface area contributed by atoms with E-state index in [2.05, 4.69) is 4.98 Å². The topological polar surface area (TPSA) is 83.7 Å². The monoisotopic (exact) mass is 541 g/mol. The number of para-hydroxylation sites is 1. The number of halogens is 1. The number of hydrogen-bond acceptors (Lipinski definition) is 6. The summed E-state index contributed by atoms with van der Waals surface area (Å²) in [4.78, 5) is 19.6. The van der Waals surface area contributed by atoms with Gasteiger partial charge >= 0.3 is 0 Å². The van der Waals surface area contributed by atoms with Crippen LogP contribution < -0.4 is 4.90 Å². The fourth-order valence-electron chi connectivity index (χ4n) is 4.86. The van der Waals surface area contributed by atoms with E-state index < -0.39 is 15.8 Å². The van der Waals surface area contributed by atoms with Crippen LogP contribution in [-0.4, -0.2) is 36.2 Å². The molecule has 4 aromatic rings. The third-order valence-corrected chi connectivity index (χ3v) is 9.82. The summed E-state index contributed by atoms with van der Waals surface area (Å²) < 4.78 is 48.8. The number of benzene rings is 2. The molecule has 2 heterocycles. The highest BCUT2D eigenvalue weighted by Gasteiger charge is 2.31. The number of carbonyl (C=O) groups excluding carboxylic acids is 1. The molecule has 0 bridgehead atoms. The molecule has 10 heteroatoms. The Morgan fingerprint density at radius 3 is 2.49 bits per heavy atom. The molecule has 1 amide bonds. The number of hydrogen-bond donors (Lipinski definition) is 0. The molecule has 0 saturated heterocycles. The molecule has 7 nitrogen and oxygen atoms in total. The zero-order valence-electron chi connectivity index (χ0n) is 20.5. The Hall–Kier alpha value is -3.08. The van der Waals surface area contributed by atoms with E-state index in [1.165, 1.54) is 52.8 Å². The first-order valence-electron chi connectivity index (χ1n) is 12.4. The van der Waals surface area contributed by atoms with Gasteiger partial charge in [-0.25, -0.2) is 17.8 Å². The average molecular weight is 542 g/mol. The van der Waals surface area contributed by atoms with Gasteiger partial charge in [0.15, 0.2) is 5.13 Å². The summed E-state index contributed by atoms with van der Waals surface area (Å²) in [5, 5.41) is 0.327. The summed E-state index contributed by atoms with van der Waals surface area (Å²) >= 11 is 1.20. The van der Waals surface area contributed by atoms with Crippen LogP contribution in [0.2, 0.25) is 0 Å². The van der Waals surface area contributed by atoms with Gasteiger partial charge in [0.1, 0.15) is 17.1 Å². The number of thiazole rings is 1. The highest BCUT2D eigenvalue weighted by Crippen LogP contribution is 2.33. The fourth-order valence-corrected chi connectivity index (χ4v) is 7.53. The van der Waals surface area contributed by atoms with Crippen molar-refractivity contribution >= 4 is 42.6 Å². The zero-order valence-corrected chi connectivity index (χ0v) is 22.1. The lowest BCUT2D eigenvalue weighted by atomic mass is 9.95. The van der Waals surface area contributed by atoms with Gasteiger partial charge in [-0.3, -0.25) is 9.69 Å². The molecule has 2 aromatic carbocycles. The summed E-state index contributed by atoms with van der Waals surface area (Å²) in [5.74, 6) is -0.309. The third-order valence-electron chi connectivity index (χ3n) is 6.73. The molecule has 0 atom stereocenters. The van der Waals surface area contributed by atoms with E-state index in [4.69, 9.17) is 4.42 Å². The second-order valence-electron chi connectivity index (χ2n) is 9.08. The highest BCUT2D eigenvalue weighted by molar-refractivity contribution is 7.89. The Labute approximate surface area is 219 Å². The maximum Gasteiger partial charge on any atom is 0.260 e. The number of aromatic nitrogens is 1. The Morgan fingerprint density at radius 2 is 1.84 bits per heavy atom. The van der Waals surface area contributed by atoms with Crippen molar-refractivity contribution in [2.24, 2.45) is 0 Å². The van der Waals surface area contributed by atoms with Crippen LogP contribution in [0.5, 0.6) is 0 Å². The highest BCUT2D eigenvalue weighted by atomic mass is 32.2. The number of rotatable bonds is 8. The summed E-state index contributed by atoms with van der Waals surface area (Å²) in [5.41, 5.74) is 0.495. The molecule has 5 rings (SSSR count). The third kappa shape index (κ3) is 5.18. The van der Waals surface area contributed by atoms with Crippen molar-refractivity contribution < 1.29 is 22.0 Å². The van der Waals surface area contributed by atoms with Crippen LogP contribution in [0, 0.1) is 5.82 Å². The van der Waals surface area contributed by atoms with Crippen LogP contribution >= 0.6 is 11.3 Å². The normalized spacial score (nSPS) is 14.9. The second kappa shape index (κ2) is 10.7. The molecule has 1 aliphatic rings. The van der Waals surface area contributed by atoms with Crippen molar-refractivity contribution in [3.05, 3.63) is 78.0 Å². The number of fused-ring (bicyclic) bond motifs is 1. The van der Waals surface area contributed by atoms with Crippen LogP contribution in [0.3, 0.4) is 0 Å². The lowest BCUT2D eigenvalue weighted by molar-refractivity contribution is 0.0983. The quantitative estimate of drug-likeness (QED) is 0.265. The van der Waals surface area contributed by atoms with Gasteiger partial charge in [-0.2, -0.15) is 4.31 Å². The number of furan rings is 1. The van der Waals surface area contributed by atoms with Crippen LogP contribution in [-0.2, 0) is 16.6 Å². The van der Waals surface area contributed by atoms with E-state index in [1.54, 1.807) is 28.6 Å². The Kier molecular flexibility index (Phi) is 7.41. The summed E-state index contributed by atoms with van der Waals surface area (Å²) in [6.07, 6.45) is 6.46. The Balaban J connectivity index is 1.44. The molecule has 1 fully saturated rings. The number of anilines is 1. The SMILES string of the molecule is CCN(C1CCCCC1)S(=O)(=O)c1ccc(C(=O)N(Cc2ccco2)c2nc3c(F)cccc3s2)cc1. The number of sulfonamides is 1. The zero-order chi connectivity index (χ0) is 26.0. The minimum absolute atomic E-state index is 0.00766. The minimum Gasteiger partial charge on any atom is -0.467 e. The molecule has 1 aliphatic carbocycles. The molecule has 2 aromatic heterocycles. The van der Waals surface area contributed by atoms with Gasteiger partial charge in [-0.1, -0.05) is 43.6 Å². The largest absolute Gasteiger partial charge is 0.467 e. The van der Waals surface area contributed by atoms with Gasteiger partial charge in [0.2, 0.25) is 10.0 Å². The van der Waals surface area contributed by atoms with E-state index in [-0.39, 0.29) is 28.9 Å². The first kappa shape index (κ1) is 25.6. The lowest BCUT2D eigenvalue weighted by Crippen LogP contribution is -2.41. The van der Waals surface area contributed by atoms with E-state index >= 15 is 0 Å².